The van der Waals surface area contributed by atoms with E-state index in [2.05, 4.69) is 21.2 Å². The van der Waals surface area contributed by atoms with E-state index in [1.54, 1.807) is 40.7 Å². The monoisotopic (exact) mass is 556 g/mol. The molecule has 4 rings (SSSR count). The Balaban J connectivity index is 1.43. The molecule has 0 aliphatic carbocycles. The number of ether oxygens (including phenoxy) is 1. The van der Waals surface area contributed by atoms with Crippen LogP contribution >= 0.6 is 15.9 Å². The lowest BCUT2D eigenvalue weighted by Gasteiger charge is -2.20. The first-order chi connectivity index (χ1) is 16.9. The third-order valence-electron chi connectivity index (χ3n) is 5.99. The Bertz CT molecular complexity index is 1240. The molecule has 35 heavy (non-hydrogen) atoms. The van der Waals surface area contributed by atoms with E-state index in [1.807, 2.05) is 36.4 Å². The third kappa shape index (κ3) is 6.72. The highest BCUT2D eigenvalue weighted by Gasteiger charge is 2.25. The molecule has 0 radical (unpaired) electrons. The van der Waals surface area contributed by atoms with Crippen LogP contribution in [0.15, 0.2) is 82.2 Å². The van der Waals surface area contributed by atoms with E-state index in [4.69, 9.17) is 4.74 Å². The molecule has 3 aromatic rings. The summed E-state index contributed by atoms with van der Waals surface area (Å²) in [5.74, 6) is 0.158. The Morgan fingerprint density at radius 3 is 2.29 bits per heavy atom. The molecule has 0 saturated carbocycles. The number of nitrogens with zero attached hydrogens (tertiary/aromatic N) is 1. The molecule has 0 atom stereocenters. The van der Waals surface area contributed by atoms with Crippen molar-refractivity contribution in [2.24, 2.45) is 0 Å². The topological polar surface area (TPSA) is 75.7 Å². The number of anilines is 1. The molecule has 1 amide bonds. The van der Waals surface area contributed by atoms with Gasteiger partial charge in [0.1, 0.15) is 5.75 Å². The van der Waals surface area contributed by atoms with Crippen molar-refractivity contribution in [3.8, 4) is 5.75 Å². The summed E-state index contributed by atoms with van der Waals surface area (Å²) in [7, 11) is -3.53. The maximum Gasteiger partial charge on any atom is 0.259 e. The smallest absolute Gasteiger partial charge is 0.259 e. The average molecular weight is 558 g/mol. The van der Waals surface area contributed by atoms with Gasteiger partial charge in [0.05, 0.1) is 17.1 Å². The number of carbonyl (C=O) groups is 1. The fourth-order valence-corrected chi connectivity index (χ4v) is 5.95. The van der Waals surface area contributed by atoms with Gasteiger partial charge in [0.15, 0.2) is 0 Å². The van der Waals surface area contributed by atoms with E-state index >= 15 is 0 Å². The summed E-state index contributed by atoms with van der Waals surface area (Å²) < 4.78 is 34.2. The number of nitrogens with one attached hydrogen (secondary N) is 1. The minimum atomic E-state index is -3.53. The van der Waals surface area contributed by atoms with Gasteiger partial charge in [-0.05, 0) is 60.9 Å². The predicted octanol–water partition coefficient (Wildman–Crippen LogP) is 5.89. The molecule has 3 aromatic carbocycles. The number of halogens is 1. The van der Waals surface area contributed by atoms with Crippen molar-refractivity contribution in [2.75, 3.05) is 25.0 Å². The van der Waals surface area contributed by atoms with Gasteiger partial charge in [-0.15, -0.1) is 0 Å². The van der Waals surface area contributed by atoms with Crippen LogP contribution < -0.4 is 10.1 Å². The molecule has 0 aromatic heterocycles. The maximum absolute atomic E-state index is 13.0. The van der Waals surface area contributed by atoms with Crippen LogP contribution in [0.25, 0.3) is 0 Å². The Kier molecular flexibility index (Phi) is 8.59. The van der Waals surface area contributed by atoms with Crippen molar-refractivity contribution in [1.29, 1.82) is 0 Å². The second-order valence-electron chi connectivity index (χ2n) is 8.52. The van der Waals surface area contributed by atoms with E-state index in [9.17, 15) is 13.2 Å². The highest BCUT2D eigenvalue weighted by atomic mass is 79.9. The van der Waals surface area contributed by atoms with Crippen LogP contribution in [0.5, 0.6) is 5.75 Å². The molecular weight excluding hydrogens is 528 g/mol. The quantitative estimate of drug-likeness (QED) is 0.375. The molecule has 1 saturated heterocycles. The molecule has 1 aliphatic rings. The molecule has 1 fully saturated rings. The van der Waals surface area contributed by atoms with Gasteiger partial charge in [-0.1, -0.05) is 59.1 Å². The lowest BCUT2D eigenvalue weighted by atomic mass is 10.1. The number of amides is 1. The third-order valence-corrected chi connectivity index (χ3v) is 8.40. The zero-order valence-electron chi connectivity index (χ0n) is 19.5. The molecule has 6 nitrogen and oxygen atoms in total. The van der Waals surface area contributed by atoms with Crippen molar-refractivity contribution in [3.05, 3.63) is 88.4 Å². The Morgan fingerprint density at radius 2 is 1.60 bits per heavy atom. The van der Waals surface area contributed by atoms with E-state index in [0.717, 1.165) is 42.1 Å². The van der Waals surface area contributed by atoms with Crippen LogP contribution in [0, 0.1) is 0 Å². The van der Waals surface area contributed by atoms with Gasteiger partial charge in [-0.2, -0.15) is 4.31 Å². The average Bonchev–Trinajstić information content (AvgIpc) is 3.16. The SMILES string of the molecule is O=C(Nc1ccc(S(=O)(=O)N2CCCCCC2)cc1)c1cc(Br)ccc1OCCc1ccccc1. The Labute approximate surface area is 215 Å². The molecular formula is C27H29BrN2O4S. The van der Waals surface area contributed by atoms with Crippen molar-refractivity contribution >= 4 is 37.5 Å². The summed E-state index contributed by atoms with van der Waals surface area (Å²) in [6.45, 7) is 1.54. The van der Waals surface area contributed by atoms with Gasteiger partial charge in [0.25, 0.3) is 5.91 Å². The highest BCUT2D eigenvalue weighted by molar-refractivity contribution is 9.10. The van der Waals surface area contributed by atoms with Crippen molar-refractivity contribution in [2.45, 2.75) is 37.0 Å². The van der Waals surface area contributed by atoms with Crippen LogP contribution in [-0.4, -0.2) is 38.3 Å². The normalized spacial score (nSPS) is 14.8. The van der Waals surface area contributed by atoms with Crippen molar-refractivity contribution < 1.29 is 17.9 Å². The van der Waals surface area contributed by atoms with Gasteiger partial charge in [0, 0.05) is 29.7 Å². The largest absolute Gasteiger partial charge is 0.492 e. The van der Waals surface area contributed by atoms with E-state index in [0.29, 0.717) is 36.7 Å². The van der Waals surface area contributed by atoms with Gasteiger partial charge < -0.3 is 10.1 Å². The zero-order chi connectivity index (χ0) is 24.7. The van der Waals surface area contributed by atoms with Gasteiger partial charge in [-0.25, -0.2) is 8.42 Å². The van der Waals surface area contributed by atoms with Crippen molar-refractivity contribution in [3.63, 3.8) is 0 Å². The maximum atomic E-state index is 13.0. The van der Waals surface area contributed by atoms with Crippen LogP contribution in [0.3, 0.4) is 0 Å². The highest BCUT2D eigenvalue weighted by Crippen LogP contribution is 2.26. The summed E-state index contributed by atoms with van der Waals surface area (Å²) in [6, 6.07) is 21.7. The number of carbonyl (C=O) groups excluding carboxylic acids is 1. The fraction of sp³-hybridized carbons (Fsp3) is 0.296. The minimum Gasteiger partial charge on any atom is -0.492 e. The number of hydrogen-bond donors (Lipinski definition) is 1. The standard InChI is InChI=1S/C27H29BrN2O4S/c28-22-10-15-26(34-19-16-21-8-4-3-5-9-21)25(20-22)27(31)29-23-11-13-24(14-12-23)35(32,33)30-17-6-1-2-7-18-30/h3-5,8-15,20H,1-2,6-7,16-19H2,(H,29,31). The van der Waals surface area contributed by atoms with Gasteiger partial charge in [0.2, 0.25) is 10.0 Å². The van der Waals surface area contributed by atoms with E-state index < -0.39 is 10.0 Å². The predicted molar refractivity (Wildman–Crippen MR) is 141 cm³/mol. The lowest BCUT2D eigenvalue weighted by Crippen LogP contribution is -2.31. The van der Waals surface area contributed by atoms with Crippen LogP contribution in [0.2, 0.25) is 0 Å². The summed E-state index contributed by atoms with van der Waals surface area (Å²) in [5, 5.41) is 2.85. The molecule has 1 aliphatic heterocycles. The summed E-state index contributed by atoms with van der Waals surface area (Å²) in [4.78, 5) is 13.3. The van der Waals surface area contributed by atoms with E-state index in [-0.39, 0.29) is 10.8 Å². The van der Waals surface area contributed by atoms with E-state index in [1.165, 1.54) is 0 Å². The van der Waals surface area contributed by atoms with Crippen LogP contribution in [0.1, 0.15) is 41.6 Å². The molecule has 0 bridgehead atoms. The Morgan fingerprint density at radius 1 is 0.914 bits per heavy atom. The fourth-order valence-electron chi connectivity index (χ4n) is 4.07. The number of hydrogen-bond acceptors (Lipinski definition) is 4. The first-order valence-electron chi connectivity index (χ1n) is 11.8. The molecule has 1 N–H and O–H groups in total. The van der Waals surface area contributed by atoms with Gasteiger partial charge in [-0.3, -0.25) is 4.79 Å². The summed E-state index contributed by atoms with van der Waals surface area (Å²) in [6.07, 6.45) is 4.62. The Hall–Kier alpha value is -2.68. The van der Waals surface area contributed by atoms with Crippen LogP contribution in [-0.2, 0) is 16.4 Å². The first-order valence-corrected chi connectivity index (χ1v) is 14.0. The van der Waals surface area contributed by atoms with Gasteiger partial charge >= 0.3 is 0 Å². The first kappa shape index (κ1) is 25.4. The van der Waals surface area contributed by atoms with Crippen LogP contribution in [0.4, 0.5) is 5.69 Å². The lowest BCUT2D eigenvalue weighted by molar-refractivity contribution is 0.102. The minimum absolute atomic E-state index is 0.241. The summed E-state index contributed by atoms with van der Waals surface area (Å²) >= 11 is 3.42. The summed E-state index contributed by atoms with van der Waals surface area (Å²) in [5.41, 5.74) is 2.07. The number of rotatable bonds is 8. The molecule has 0 spiro atoms. The number of benzene rings is 3. The van der Waals surface area contributed by atoms with Crippen molar-refractivity contribution in [1.82, 2.24) is 4.31 Å². The molecule has 184 valence electrons. The zero-order valence-corrected chi connectivity index (χ0v) is 21.9. The second-order valence-corrected chi connectivity index (χ2v) is 11.4. The second kappa shape index (κ2) is 11.8. The molecule has 8 heteroatoms. The molecule has 0 unspecified atom stereocenters. The number of sulfonamides is 1. The molecule has 1 heterocycles.